The van der Waals surface area contributed by atoms with Gasteiger partial charge in [-0.3, -0.25) is 9.59 Å². The monoisotopic (exact) mass is 204 g/mol. The van der Waals surface area contributed by atoms with E-state index in [2.05, 4.69) is 20.6 Å². The summed E-state index contributed by atoms with van der Waals surface area (Å²) in [4.78, 5) is 30.8. The summed E-state index contributed by atoms with van der Waals surface area (Å²) in [6.07, 6.45) is 0.0223. The van der Waals surface area contributed by atoms with Gasteiger partial charge in [0.25, 0.3) is 0 Å². The SMILES string of the molecule is CCNOC(=O)CCC(=O)ONCC. The molecule has 0 saturated heterocycles. The minimum atomic E-state index is -0.472. The molecule has 0 aliphatic rings. The Kier molecular flexibility index (Phi) is 7.77. The van der Waals surface area contributed by atoms with Crippen LogP contribution in [-0.2, 0) is 19.3 Å². The van der Waals surface area contributed by atoms with E-state index in [1.807, 2.05) is 0 Å². The second kappa shape index (κ2) is 8.46. The number of carbonyl (C=O) groups is 2. The average molecular weight is 204 g/mol. The highest BCUT2D eigenvalue weighted by molar-refractivity contribution is 5.77. The van der Waals surface area contributed by atoms with Crippen LogP contribution in [0.15, 0.2) is 0 Å². The molecule has 0 unspecified atom stereocenters. The van der Waals surface area contributed by atoms with Gasteiger partial charge in [0.05, 0.1) is 12.8 Å². The zero-order chi connectivity index (χ0) is 10.8. The predicted octanol–water partition coefficient (Wildman–Crippen LogP) is -0.0980. The van der Waals surface area contributed by atoms with Gasteiger partial charge < -0.3 is 9.68 Å². The molecule has 0 aliphatic carbocycles. The molecule has 0 rings (SSSR count). The predicted molar refractivity (Wildman–Crippen MR) is 48.8 cm³/mol. The van der Waals surface area contributed by atoms with Crippen molar-refractivity contribution in [1.29, 1.82) is 0 Å². The maximum absolute atomic E-state index is 10.9. The van der Waals surface area contributed by atoms with Crippen molar-refractivity contribution in [3.63, 3.8) is 0 Å². The molecule has 82 valence electrons. The normalized spacial score (nSPS) is 9.57. The van der Waals surface area contributed by atoms with Gasteiger partial charge in [-0.25, -0.2) is 0 Å². The highest BCUT2D eigenvalue weighted by Crippen LogP contribution is 1.93. The largest absolute Gasteiger partial charge is 0.371 e. The van der Waals surface area contributed by atoms with Crippen molar-refractivity contribution in [3.8, 4) is 0 Å². The Morgan fingerprint density at radius 1 is 0.929 bits per heavy atom. The van der Waals surface area contributed by atoms with Crippen LogP contribution in [0.1, 0.15) is 26.7 Å². The Morgan fingerprint density at radius 3 is 1.57 bits per heavy atom. The highest BCUT2D eigenvalue weighted by Gasteiger charge is 2.08. The summed E-state index contributed by atoms with van der Waals surface area (Å²) in [7, 11) is 0. The molecule has 0 aliphatic heterocycles. The minimum absolute atomic E-state index is 0.0111. The quantitative estimate of drug-likeness (QED) is 0.564. The Bertz CT molecular complexity index is 164. The molecule has 6 nitrogen and oxygen atoms in total. The molecule has 0 amide bonds. The summed E-state index contributed by atoms with van der Waals surface area (Å²) in [5, 5.41) is 0. The molecule has 0 bridgehead atoms. The molecular formula is C8H16N2O4. The van der Waals surface area contributed by atoms with Crippen LogP contribution in [0.5, 0.6) is 0 Å². The third kappa shape index (κ3) is 7.51. The molecule has 0 aromatic rings. The highest BCUT2D eigenvalue weighted by atomic mass is 16.7. The van der Waals surface area contributed by atoms with E-state index in [1.165, 1.54) is 0 Å². The average Bonchev–Trinajstić information content (AvgIpc) is 2.20. The molecule has 14 heavy (non-hydrogen) atoms. The van der Waals surface area contributed by atoms with Crippen LogP contribution in [0.2, 0.25) is 0 Å². The van der Waals surface area contributed by atoms with E-state index >= 15 is 0 Å². The van der Waals surface area contributed by atoms with Crippen LogP contribution in [0.4, 0.5) is 0 Å². The Balaban J connectivity index is 3.41. The fourth-order valence-corrected chi connectivity index (χ4v) is 0.612. The first-order valence-corrected chi connectivity index (χ1v) is 4.55. The number of rotatable bonds is 7. The van der Waals surface area contributed by atoms with E-state index in [0.717, 1.165) is 0 Å². The molecule has 6 heteroatoms. The van der Waals surface area contributed by atoms with Gasteiger partial charge in [0, 0.05) is 13.1 Å². The molecular weight excluding hydrogens is 188 g/mol. The van der Waals surface area contributed by atoms with Crippen molar-refractivity contribution in [2.45, 2.75) is 26.7 Å². The van der Waals surface area contributed by atoms with Gasteiger partial charge in [0.15, 0.2) is 0 Å². The standard InChI is InChI=1S/C8H16N2O4/c1-3-9-13-7(11)5-6-8(12)14-10-4-2/h9-10H,3-6H2,1-2H3. The van der Waals surface area contributed by atoms with E-state index in [4.69, 9.17) is 0 Å². The van der Waals surface area contributed by atoms with Crippen LogP contribution < -0.4 is 11.0 Å². The summed E-state index contributed by atoms with van der Waals surface area (Å²) in [5.74, 6) is -0.944. The molecule has 0 spiro atoms. The summed E-state index contributed by atoms with van der Waals surface area (Å²) in [6.45, 7) is 4.67. The van der Waals surface area contributed by atoms with Gasteiger partial charge in [-0.2, -0.15) is 11.0 Å². The lowest BCUT2D eigenvalue weighted by molar-refractivity contribution is -0.157. The van der Waals surface area contributed by atoms with Crippen LogP contribution >= 0.6 is 0 Å². The first-order valence-electron chi connectivity index (χ1n) is 4.55. The fourth-order valence-electron chi connectivity index (χ4n) is 0.612. The number of hydrogen-bond donors (Lipinski definition) is 2. The van der Waals surface area contributed by atoms with Crippen LogP contribution in [0.3, 0.4) is 0 Å². The molecule has 0 saturated carbocycles. The smallest absolute Gasteiger partial charge is 0.325 e. The van der Waals surface area contributed by atoms with Crippen molar-refractivity contribution in [2.75, 3.05) is 13.1 Å². The van der Waals surface area contributed by atoms with Crippen molar-refractivity contribution in [3.05, 3.63) is 0 Å². The summed E-state index contributed by atoms with van der Waals surface area (Å²) < 4.78 is 0. The van der Waals surface area contributed by atoms with Crippen molar-refractivity contribution in [2.24, 2.45) is 0 Å². The third-order valence-corrected chi connectivity index (χ3v) is 1.19. The first-order chi connectivity index (χ1) is 6.70. The van der Waals surface area contributed by atoms with Gasteiger partial charge >= 0.3 is 11.9 Å². The van der Waals surface area contributed by atoms with Crippen LogP contribution in [0, 0.1) is 0 Å². The van der Waals surface area contributed by atoms with E-state index in [-0.39, 0.29) is 12.8 Å². The van der Waals surface area contributed by atoms with Crippen LogP contribution in [0.25, 0.3) is 0 Å². The molecule has 0 fully saturated rings. The number of hydroxylamine groups is 2. The maximum Gasteiger partial charge on any atom is 0.325 e. The van der Waals surface area contributed by atoms with Crippen molar-refractivity contribution >= 4 is 11.9 Å². The number of hydrogen-bond acceptors (Lipinski definition) is 6. The zero-order valence-electron chi connectivity index (χ0n) is 8.46. The minimum Gasteiger partial charge on any atom is -0.371 e. The van der Waals surface area contributed by atoms with E-state index in [0.29, 0.717) is 13.1 Å². The number of carbonyl (C=O) groups excluding carboxylic acids is 2. The van der Waals surface area contributed by atoms with E-state index in [1.54, 1.807) is 13.8 Å². The Hall–Kier alpha value is -1.14. The number of nitrogens with one attached hydrogen (secondary N) is 2. The Morgan fingerprint density at radius 2 is 1.29 bits per heavy atom. The van der Waals surface area contributed by atoms with Crippen molar-refractivity contribution < 1.29 is 19.3 Å². The van der Waals surface area contributed by atoms with Gasteiger partial charge in [-0.15, -0.1) is 0 Å². The topological polar surface area (TPSA) is 76.7 Å². The summed E-state index contributed by atoms with van der Waals surface area (Å²) >= 11 is 0. The van der Waals surface area contributed by atoms with Crippen molar-refractivity contribution in [1.82, 2.24) is 11.0 Å². The fraction of sp³-hybridized carbons (Fsp3) is 0.750. The molecule has 0 aromatic carbocycles. The lowest BCUT2D eigenvalue weighted by atomic mass is 10.3. The van der Waals surface area contributed by atoms with Gasteiger partial charge in [-0.05, 0) is 13.8 Å². The molecule has 0 aromatic heterocycles. The molecule has 0 atom stereocenters. The lowest BCUT2D eigenvalue weighted by Crippen LogP contribution is -2.22. The van der Waals surface area contributed by atoms with Crippen LogP contribution in [-0.4, -0.2) is 25.0 Å². The third-order valence-electron chi connectivity index (χ3n) is 1.19. The molecule has 0 heterocycles. The second-order valence-electron chi connectivity index (χ2n) is 2.44. The summed E-state index contributed by atoms with van der Waals surface area (Å²) in [5.41, 5.74) is 4.80. The van der Waals surface area contributed by atoms with E-state index < -0.39 is 11.9 Å². The Labute approximate surface area is 82.9 Å². The summed E-state index contributed by atoms with van der Waals surface area (Å²) in [6, 6.07) is 0. The maximum atomic E-state index is 10.9. The molecule has 0 radical (unpaired) electrons. The van der Waals surface area contributed by atoms with Gasteiger partial charge in [-0.1, -0.05) is 0 Å². The second-order valence-corrected chi connectivity index (χ2v) is 2.44. The lowest BCUT2D eigenvalue weighted by Gasteiger charge is -2.03. The zero-order valence-corrected chi connectivity index (χ0v) is 8.46. The van der Waals surface area contributed by atoms with E-state index in [9.17, 15) is 9.59 Å². The first kappa shape index (κ1) is 12.9. The van der Waals surface area contributed by atoms with Gasteiger partial charge in [0.2, 0.25) is 0 Å². The van der Waals surface area contributed by atoms with Gasteiger partial charge in [0.1, 0.15) is 0 Å². The molecule has 2 N–H and O–H groups in total.